The normalized spacial score (nSPS) is 16.3. The van der Waals surface area contributed by atoms with Crippen LogP contribution in [0.25, 0.3) is 0 Å². The number of piperazine rings is 1. The van der Waals surface area contributed by atoms with E-state index in [4.69, 9.17) is 16.9 Å². The molecule has 0 aliphatic carbocycles. The van der Waals surface area contributed by atoms with Crippen molar-refractivity contribution in [1.82, 2.24) is 10.2 Å². The Morgan fingerprint density at radius 2 is 1.94 bits per heavy atom. The van der Waals surface area contributed by atoms with Crippen LogP contribution in [0.3, 0.4) is 0 Å². The number of hydrogen-bond acceptors (Lipinski definition) is 4. The summed E-state index contributed by atoms with van der Waals surface area (Å²) in [5.74, 6) is -0.455. The lowest BCUT2D eigenvalue weighted by atomic mass is 10.0. The highest BCUT2D eigenvalue weighted by Gasteiger charge is 2.37. The van der Waals surface area contributed by atoms with Gasteiger partial charge in [0.2, 0.25) is 5.91 Å². The number of likely N-dealkylation sites (N-methyl/N-ethyl adjacent to an activating group) is 1. The zero-order valence-corrected chi connectivity index (χ0v) is 17.7. The van der Waals surface area contributed by atoms with Gasteiger partial charge in [-0.05, 0) is 36.4 Å². The van der Waals surface area contributed by atoms with Gasteiger partial charge in [-0.1, -0.05) is 17.7 Å². The van der Waals surface area contributed by atoms with Gasteiger partial charge in [0, 0.05) is 36.5 Å². The molecule has 3 rings (SSSR count). The van der Waals surface area contributed by atoms with Crippen LogP contribution in [-0.2, 0) is 11.0 Å². The fourth-order valence-electron chi connectivity index (χ4n) is 3.48. The number of anilines is 2. The van der Waals surface area contributed by atoms with Gasteiger partial charge < -0.3 is 20.4 Å². The van der Waals surface area contributed by atoms with Gasteiger partial charge in [0.15, 0.2) is 0 Å². The number of carbonyl (C=O) groups is 2. The third kappa shape index (κ3) is 5.06. The second-order valence-corrected chi connectivity index (χ2v) is 7.49. The number of nitriles is 1. The van der Waals surface area contributed by atoms with Crippen LogP contribution in [0, 0.1) is 11.3 Å². The number of urea groups is 1. The van der Waals surface area contributed by atoms with Gasteiger partial charge in [0.25, 0.3) is 0 Å². The van der Waals surface area contributed by atoms with Gasteiger partial charge >= 0.3 is 12.2 Å². The monoisotopic (exact) mass is 465 g/mol. The fourth-order valence-corrected chi connectivity index (χ4v) is 3.67. The van der Waals surface area contributed by atoms with Crippen molar-refractivity contribution in [2.75, 3.05) is 36.9 Å². The number of benzene rings is 2. The largest absolute Gasteiger partial charge is 0.417 e. The van der Waals surface area contributed by atoms with Gasteiger partial charge in [-0.3, -0.25) is 4.79 Å². The van der Waals surface area contributed by atoms with Crippen molar-refractivity contribution >= 4 is 34.9 Å². The molecule has 2 N–H and O–H groups in total. The quantitative estimate of drug-likeness (QED) is 0.723. The summed E-state index contributed by atoms with van der Waals surface area (Å²) >= 11 is 5.93. The smallest absolute Gasteiger partial charge is 0.357 e. The molecular formula is C21H19ClF3N5O2. The molecule has 2 aromatic carbocycles. The number of hydrogen-bond donors (Lipinski definition) is 2. The second kappa shape index (κ2) is 9.36. The van der Waals surface area contributed by atoms with Crippen LogP contribution in [0.1, 0.15) is 11.1 Å². The maximum absolute atomic E-state index is 13.4. The zero-order chi connectivity index (χ0) is 23.5. The molecule has 168 valence electrons. The first-order valence-electron chi connectivity index (χ1n) is 9.55. The minimum atomic E-state index is -4.72. The molecule has 1 atom stereocenters. The van der Waals surface area contributed by atoms with Crippen molar-refractivity contribution in [1.29, 1.82) is 5.26 Å². The van der Waals surface area contributed by atoms with E-state index in [1.165, 1.54) is 29.0 Å². The number of amides is 3. The SMILES string of the molecule is CNC(=O)C1CN(C(=O)Nc2cccc(Cl)c2)CCN1c1ccc(C#N)c(C(F)(F)F)c1. The van der Waals surface area contributed by atoms with E-state index in [1.807, 2.05) is 0 Å². The first kappa shape index (κ1) is 23.2. The lowest BCUT2D eigenvalue weighted by Crippen LogP contribution is -2.60. The molecule has 1 saturated heterocycles. The van der Waals surface area contributed by atoms with Crippen molar-refractivity contribution in [3.63, 3.8) is 0 Å². The van der Waals surface area contributed by atoms with E-state index in [0.717, 1.165) is 12.1 Å². The predicted octanol–water partition coefficient (Wildman–Crippen LogP) is 3.70. The first-order valence-corrected chi connectivity index (χ1v) is 9.93. The van der Waals surface area contributed by atoms with Crippen LogP contribution >= 0.6 is 11.6 Å². The van der Waals surface area contributed by atoms with Gasteiger partial charge in [-0.2, -0.15) is 18.4 Å². The summed E-state index contributed by atoms with van der Waals surface area (Å²) in [5, 5.41) is 14.6. The predicted molar refractivity (Wildman–Crippen MR) is 113 cm³/mol. The third-order valence-corrected chi connectivity index (χ3v) is 5.29. The number of nitrogens with one attached hydrogen (secondary N) is 2. The van der Waals surface area contributed by atoms with E-state index in [2.05, 4.69) is 10.6 Å². The average Bonchev–Trinajstić information content (AvgIpc) is 2.77. The van der Waals surface area contributed by atoms with Crippen LogP contribution in [0.2, 0.25) is 5.02 Å². The Balaban J connectivity index is 1.85. The fraction of sp³-hybridized carbons (Fsp3) is 0.286. The molecular weight excluding hydrogens is 447 g/mol. The summed E-state index contributed by atoms with van der Waals surface area (Å²) in [5.41, 5.74) is -0.963. The molecule has 0 spiro atoms. The summed E-state index contributed by atoms with van der Waals surface area (Å²) in [7, 11) is 1.41. The van der Waals surface area contributed by atoms with E-state index in [-0.39, 0.29) is 25.3 Å². The molecule has 11 heteroatoms. The molecule has 1 unspecified atom stereocenters. The maximum atomic E-state index is 13.4. The third-order valence-electron chi connectivity index (χ3n) is 5.05. The average molecular weight is 466 g/mol. The van der Waals surface area contributed by atoms with Crippen molar-refractivity contribution in [2.24, 2.45) is 0 Å². The first-order chi connectivity index (χ1) is 15.1. The van der Waals surface area contributed by atoms with Crippen LogP contribution in [0.4, 0.5) is 29.3 Å². The lowest BCUT2D eigenvalue weighted by molar-refractivity contribution is -0.137. The molecule has 0 aromatic heterocycles. The van der Waals surface area contributed by atoms with Gasteiger partial charge in [0.05, 0.1) is 23.7 Å². The standard InChI is InChI=1S/C21H19ClF3N5O2/c1-27-19(31)18-12-29(20(32)28-15-4-2-3-14(22)9-15)7-8-30(18)16-6-5-13(11-26)17(10-16)21(23,24)25/h2-6,9-10,18H,7-8,12H2,1H3,(H,27,31)(H,28,32). The Labute approximate surface area is 187 Å². The lowest BCUT2D eigenvalue weighted by Gasteiger charge is -2.41. The van der Waals surface area contributed by atoms with E-state index in [0.29, 0.717) is 10.7 Å². The van der Waals surface area contributed by atoms with Crippen molar-refractivity contribution in [2.45, 2.75) is 12.2 Å². The number of rotatable bonds is 3. The maximum Gasteiger partial charge on any atom is 0.417 e. The summed E-state index contributed by atoms with van der Waals surface area (Å²) < 4.78 is 40.2. The minimum absolute atomic E-state index is 0.0482. The highest BCUT2D eigenvalue weighted by Crippen LogP contribution is 2.35. The summed E-state index contributed by atoms with van der Waals surface area (Å²) in [6.07, 6.45) is -4.72. The molecule has 7 nitrogen and oxygen atoms in total. The summed E-state index contributed by atoms with van der Waals surface area (Å²) in [6.45, 7) is 0.235. The Kier molecular flexibility index (Phi) is 6.79. The molecule has 1 heterocycles. The number of alkyl halides is 3. The number of halogens is 4. The van der Waals surface area contributed by atoms with Crippen molar-refractivity contribution in [3.05, 3.63) is 58.6 Å². The minimum Gasteiger partial charge on any atom is -0.357 e. The van der Waals surface area contributed by atoms with Crippen molar-refractivity contribution in [3.8, 4) is 6.07 Å². The molecule has 2 aromatic rings. The number of nitrogens with zero attached hydrogens (tertiary/aromatic N) is 3. The second-order valence-electron chi connectivity index (χ2n) is 7.05. The van der Waals surface area contributed by atoms with Gasteiger partial charge in [-0.15, -0.1) is 0 Å². The number of carbonyl (C=O) groups excluding carboxylic acids is 2. The van der Waals surface area contributed by atoms with E-state index < -0.39 is 35.3 Å². The molecule has 0 saturated carbocycles. The van der Waals surface area contributed by atoms with Gasteiger partial charge in [-0.25, -0.2) is 4.79 Å². The molecule has 1 fully saturated rings. The molecule has 1 aliphatic rings. The molecule has 0 bridgehead atoms. The topological polar surface area (TPSA) is 88.5 Å². The van der Waals surface area contributed by atoms with Crippen LogP contribution in [0.15, 0.2) is 42.5 Å². The summed E-state index contributed by atoms with van der Waals surface area (Å²) in [6, 6.07) is 10.0. The van der Waals surface area contributed by atoms with Crippen LogP contribution < -0.4 is 15.5 Å². The van der Waals surface area contributed by atoms with Gasteiger partial charge in [0.1, 0.15) is 6.04 Å². The summed E-state index contributed by atoms with van der Waals surface area (Å²) in [4.78, 5) is 28.1. The Hall–Kier alpha value is -3.45. The zero-order valence-electron chi connectivity index (χ0n) is 16.9. The van der Waals surface area contributed by atoms with Crippen LogP contribution in [0.5, 0.6) is 0 Å². The molecule has 32 heavy (non-hydrogen) atoms. The highest BCUT2D eigenvalue weighted by molar-refractivity contribution is 6.30. The highest BCUT2D eigenvalue weighted by atomic mass is 35.5. The van der Waals surface area contributed by atoms with E-state index in [1.54, 1.807) is 24.3 Å². The molecule has 0 radical (unpaired) electrons. The van der Waals surface area contributed by atoms with E-state index >= 15 is 0 Å². The van der Waals surface area contributed by atoms with E-state index in [9.17, 15) is 22.8 Å². The Bertz CT molecular complexity index is 1070. The molecule has 3 amide bonds. The molecule has 1 aliphatic heterocycles. The van der Waals surface area contributed by atoms with Crippen LogP contribution in [-0.4, -0.2) is 49.6 Å². The van der Waals surface area contributed by atoms with Crippen molar-refractivity contribution < 1.29 is 22.8 Å². The Morgan fingerprint density at radius 1 is 1.19 bits per heavy atom. The Morgan fingerprint density at radius 3 is 2.56 bits per heavy atom.